The fourth-order valence-corrected chi connectivity index (χ4v) is 8.09. The summed E-state index contributed by atoms with van der Waals surface area (Å²) in [4.78, 5) is 0. The third kappa shape index (κ3) is 4.61. The van der Waals surface area contributed by atoms with E-state index in [0.29, 0.717) is 0 Å². The Hall–Kier alpha value is -6.50. The molecule has 0 heterocycles. The van der Waals surface area contributed by atoms with Gasteiger partial charge in [0, 0.05) is 0 Å². The molecule has 0 radical (unpaired) electrons. The Morgan fingerprint density at radius 2 is 0.700 bits per heavy atom. The van der Waals surface area contributed by atoms with Crippen molar-refractivity contribution in [3.8, 4) is 44.5 Å². The molecule has 0 saturated heterocycles. The molecule has 0 N–H and O–H groups in total. The summed E-state index contributed by atoms with van der Waals surface area (Å²) >= 11 is 0. The van der Waals surface area contributed by atoms with Gasteiger partial charge in [-0.05, 0) is 117 Å². The quantitative estimate of drug-likeness (QED) is 0.169. The van der Waals surface area contributed by atoms with Crippen LogP contribution in [-0.2, 0) is 0 Å². The van der Waals surface area contributed by atoms with Crippen LogP contribution < -0.4 is 0 Å². The third-order valence-electron chi connectivity index (χ3n) is 10.4. The van der Waals surface area contributed by atoms with Gasteiger partial charge in [-0.1, -0.05) is 176 Å². The van der Waals surface area contributed by atoms with Gasteiger partial charge in [-0.3, -0.25) is 0 Å². The first-order valence-electron chi connectivity index (χ1n) is 17.3. The molecule has 0 nitrogen and oxygen atoms in total. The van der Waals surface area contributed by atoms with Crippen LogP contribution in [-0.4, -0.2) is 0 Å². The first-order valence-corrected chi connectivity index (χ1v) is 17.3. The fraction of sp³-hybridized carbons (Fsp3) is 0. The Morgan fingerprint density at radius 3 is 1.46 bits per heavy atom. The zero-order valence-electron chi connectivity index (χ0n) is 27.5. The Morgan fingerprint density at radius 1 is 0.200 bits per heavy atom. The molecule has 0 aliphatic rings. The van der Waals surface area contributed by atoms with Gasteiger partial charge >= 0.3 is 0 Å². The zero-order valence-corrected chi connectivity index (χ0v) is 27.5. The lowest BCUT2D eigenvalue weighted by Gasteiger charge is -2.20. The van der Waals surface area contributed by atoms with Gasteiger partial charge in [0.25, 0.3) is 0 Å². The number of rotatable bonds is 4. The maximum absolute atomic E-state index is 2.43. The molecule has 0 aliphatic carbocycles. The van der Waals surface area contributed by atoms with Crippen LogP contribution in [0.15, 0.2) is 194 Å². The van der Waals surface area contributed by atoms with Crippen molar-refractivity contribution in [2.75, 3.05) is 0 Å². The van der Waals surface area contributed by atoms with Gasteiger partial charge in [-0.2, -0.15) is 0 Å². The molecule has 50 heavy (non-hydrogen) atoms. The summed E-state index contributed by atoms with van der Waals surface area (Å²) in [6.07, 6.45) is 0. The van der Waals surface area contributed by atoms with Crippen LogP contribution in [0.4, 0.5) is 0 Å². The van der Waals surface area contributed by atoms with E-state index >= 15 is 0 Å². The van der Waals surface area contributed by atoms with Crippen molar-refractivity contribution < 1.29 is 0 Å². The van der Waals surface area contributed by atoms with Gasteiger partial charge in [-0.15, -0.1) is 0 Å². The minimum atomic E-state index is 1.22. The molecule has 0 heteroatoms. The smallest absolute Gasteiger partial charge is 0.00199 e. The van der Waals surface area contributed by atoms with Crippen molar-refractivity contribution in [1.29, 1.82) is 0 Å². The van der Waals surface area contributed by atoms with Crippen LogP contribution in [0.25, 0.3) is 98.4 Å². The summed E-state index contributed by atoms with van der Waals surface area (Å²) in [7, 11) is 0. The number of hydrogen-bond donors (Lipinski definition) is 0. The van der Waals surface area contributed by atoms with E-state index < -0.39 is 0 Å². The Labute approximate surface area is 291 Å². The maximum atomic E-state index is 2.43. The molecule has 0 atom stereocenters. The zero-order chi connectivity index (χ0) is 33.0. The van der Waals surface area contributed by atoms with E-state index in [-0.39, 0.29) is 0 Å². The van der Waals surface area contributed by atoms with Crippen molar-refractivity contribution in [2.45, 2.75) is 0 Å². The Bertz CT molecular complexity index is 2920. The second-order valence-electron chi connectivity index (χ2n) is 13.3. The summed E-state index contributed by atoms with van der Waals surface area (Å²) in [6.45, 7) is 0. The van der Waals surface area contributed by atoms with Crippen LogP contribution in [0, 0.1) is 0 Å². The number of fused-ring (bicyclic) bond motifs is 5. The molecular formula is C50H32. The molecule has 0 aromatic heterocycles. The average molecular weight is 633 g/mol. The maximum Gasteiger partial charge on any atom is -0.00199 e. The molecule has 10 aromatic rings. The van der Waals surface area contributed by atoms with Gasteiger partial charge in [0.1, 0.15) is 0 Å². The summed E-state index contributed by atoms with van der Waals surface area (Å²) in [5.74, 6) is 0. The molecule has 0 spiro atoms. The summed E-state index contributed by atoms with van der Waals surface area (Å²) in [5.41, 5.74) is 9.95. The standard InChI is InChI=1S/C50H32/c1-2-15-36-30-37(27-26-33(36)12-1)38-28-29-47-48(32-38)50(44-25-11-17-35-14-4-6-21-42(35)44)46-23-8-7-22-45(46)49(47)40-19-9-18-39(31-40)43-24-10-16-34-13-3-5-20-41(34)43/h1-32H. The van der Waals surface area contributed by atoms with E-state index in [4.69, 9.17) is 0 Å². The summed E-state index contributed by atoms with van der Waals surface area (Å²) < 4.78 is 0. The molecule has 232 valence electrons. The molecule has 0 unspecified atom stereocenters. The first kappa shape index (κ1) is 28.5. The highest BCUT2D eigenvalue weighted by Gasteiger charge is 2.19. The minimum Gasteiger partial charge on any atom is -0.0616 e. The molecule has 0 aliphatic heterocycles. The van der Waals surface area contributed by atoms with E-state index in [1.807, 2.05) is 0 Å². The predicted octanol–water partition coefficient (Wildman–Crippen LogP) is 14.1. The summed E-state index contributed by atoms with van der Waals surface area (Å²) in [6, 6.07) is 71.5. The van der Waals surface area contributed by atoms with Crippen LogP contribution >= 0.6 is 0 Å². The topological polar surface area (TPSA) is 0 Å². The monoisotopic (exact) mass is 632 g/mol. The average Bonchev–Trinajstić information content (AvgIpc) is 3.19. The van der Waals surface area contributed by atoms with E-state index in [9.17, 15) is 0 Å². The largest absolute Gasteiger partial charge is 0.0616 e. The molecule has 10 aromatic carbocycles. The second-order valence-corrected chi connectivity index (χ2v) is 13.3. The van der Waals surface area contributed by atoms with Gasteiger partial charge in [0.2, 0.25) is 0 Å². The van der Waals surface area contributed by atoms with Crippen molar-refractivity contribution >= 4 is 53.9 Å². The highest BCUT2D eigenvalue weighted by molar-refractivity contribution is 6.24. The van der Waals surface area contributed by atoms with E-state index in [1.54, 1.807) is 0 Å². The first-order chi connectivity index (χ1) is 24.8. The second kappa shape index (κ2) is 11.6. The van der Waals surface area contributed by atoms with E-state index in [1.165, 1.54) is 98.4 Å². The highest BCUT2D eigenvalue weighted by atomic mass is 14.2. The molecule has 0 fully saturated rings. The molecule has 10 rings (SSSR count). The molecule has 0 bridgehead atoms. The fourth-order valence-electron chi connectivity index (χ4n) is 8.09. The van der Waals surface area contributed by atoms with E-state index in [0.717, 1.165) is 0 Å². The van der Waals surface area contributed by atoms with Gasteiger partial charge < -0.3 is 0 Å². The van der Waals surface area contributed by atoms with Crippen molar-refractivity contribution in [2.24, 2.45) is 0 Å². The highest BCUT2D eigenvalue weighted by Crippen LogP contribution is 2.47. The van der Waals surface area contributed by atoms with Crippen LogP contribution in [0.5, 0.6) is 0 Å². The Kier molecular flexibility index (Phi) is 6.60. The lowest BCUT2D eigenvalue weighted by Crippen LogP contribution is -1.93. The number of benzene rings is 10. The lowest BCUT2D eigenvalue weighted by molar-refractivity contribution is 1.63. The van der Waals surface area contributed by atoms with Crippen LogP contribution in [0.2, 0.25) is 0 Å². The summed E-state index contributed by atoms with van der Waals surface area (Å²) in [5, 5.41) is 12.6. The van der Waals surface area contributed by atoms with E-state index in [2.05, 4.69) is 194 Å². The predicted molar refractivity (Wildman–Crippen MR) is 216 cm³/mol. The van der Waals surface area contributed by atoms with Crippen LogP contribution in [0.3, 0.4) is 0 Å². The molecule has 0 amide bonds. The molecule has 0 saturated carbocycles. The van der Waals surface area contributed by atoms with Gasteiger partial charge in [0.15, 0.2) is 0 Å². The third-order valence-corrected chi connectivity index (χ3v) is 10.4. The Balaban J connectivity index is 1.29. The minimum absolute atomic E-state index is 1.22. The van der Waals surface area contributed by atoms with Gasteiger partial charge in [-0.25, -0.2) is 0 Å². The SMILES string of the molecule is c1cc(-c2cccc3ccccc23)cc(-c2c3ccccc3c(-c3cccc4ccccc34)c3cc(-c4ccc5ccccc5c4)ccc23)c1. The molecular weight excluding hydrogens is 601 g/mol. The van der Waals surface area contributed by atoms with Crippen molar-refractivity contribution in [3.63, 3.8) is 0 Å². The van der Waals surface area contributed by atoms with Gasteiger partial charge in [0.05, 0.1) is 0 Å². The number of hydrogen-bond acceptors (Lipinski definition) is 0. The normalized spacial score (nSPS) is 11.6. The lowest BCUT2D eigenvalue weighted by atomic mass is 9.83. The van der Waals surface area contributed by atoms with Crippen molar-refractivity contribution in [1.82, 2.24) is 0 Å². The van der Waals surface area contributed by atoms with Crippen molar-refractivity contribution in [3.05, 3.63) is 194 Å². The van der Waals surface area contributed by atoms with Crippen LogP contribution in [0.1, 0.15) is 0 Å².